The first-order chi connectivity index (χ1) is 9.91. The molecule has 0 radical (unpaired) electrons. The van der Waals surface area contributed by atoms with Gasteiger partial charge < -0.3 is 14.9 Å². The third kappa shape index (κ3) is 3.58. The van der Waals surface area contributed by atoms with E-state index in [1.807, 2.05) is 37.3 Å². The van der Waals surface area contributed by atoms with Gasteiger partial charge in [-0.1, -0.05) is 30.3 Å². The van der Waals surface area contributed by atoms with Gasteiger partial charge in [0.15, 0.2) is 0 Å². The summed E-state index contributed by atoms with van der Waals surface area (Å²) in [4.78, 5) is 13.2. The summed E-state index contributed by atoms with van der Waals surface area (Å²) in [6.07, 6.45) is 0. The van der Waals surface area contributed by atoms with Crippen molar-refractivity contribution in [3.63, 3.8) is 0 Å². The maximum absolute atomic E-state index is 11.5. The predicted molar refractivity (Wildman–Crippen MR) is 82.9 cm³/mol. The van der Waals surface area contributed by atoms with E-state index in [1.165, 1.54) is 0 Å². The molecular formula is C14H20BClN2O3. The summed E-state index contributed by atoms with van der Waals surface area (Å²) < 4.78 is 1.58. The molecule has 5 nitrogen and oxygen atoms in total. The Morgan fingerprint density at radius 2 is 2.05 bits per heavy atom. The molecule has 0 bridgehead atoms. The first kappa shape index (κ1) is 16.3. The average molecular weight is 311 g/mol. The zero-order valence-corrected chi connectivity index (χ0v) is 12.9. The highest BCUT2D eigenvalue weighted by Crippen LogP contribution is 2.32. The molecule has 1 fully saturated rings. The fourth-order valence-corrected chi connectivity index (χ4v) is 3.09. The van der Waals surface area contributed by atoms with E-state index in [1.54, 1.807) is 16.1 Å². The SMILES string of the molecule is CB(O)N1CC(N(Cl)[C@H](C)c2ccccc2)[C@H](C(=O)O)C1. The second kappa shape index (κ2) is 6.79. The van der Waals surface area contributed by atoms with Crippen molar-refractivity contribution < 1.29 is 14.9 Å². The lowest BCUT2D eigenvalue weighted by Gasteiger charge is -2.30. The number of rotatable bonds is 5. The lowest BCUT2D eigenvalue weighted by molar-refractivity contribution is -0.142. The van der Waals surface area contributed by atoms with E-state index in [0.29, 0.717) is 13.1 Å². The zero-order valence-electron chi connectivity index (χ0n) is 12.2. The van der Waals surface area contributed by atoms with Crippen molar-refractivity contribution >= 4 is 24.8 Å². The molecule has 1 aromatic rings. The molecule has 2 N–H and O–H groups in total. The largest absolute Gasteiger partial charge is 0.481 e. The van der Waals surface area contributed by atoms with Crippen molar-refractivity contribution in [1.82, 2.24) is 9.23 Å². The minimum atomic E-state index is -0.880. The first-order valence-electron chi connectivity index (χ1n) is 7.05. The zero-order chi connectivity index (χ0) is 15.6. The van der Waals surface area contributed by atoms with Gasteiger partial charge in [0.2, 0.25) is 0 Å². The van der Waals surface area contributed by atoms with Crippen molar-refractivity contribution in [2.24, 2.45) is 5.92 Å². The summed E-state index contributed by atoms with van der Waals surface area (Å²) >= 11 is 6.44. The van der Waals surface area contributed by atoms with Gasteiger partial charge in [0, 0.05) is 19.1 Å². The lowest BCUT2D eigenvalue weighted by Crippen LogP contribution is -2.40. The van der Waals surface area contributed by atoms with Crippen LogP contribution in [-0.4, -0.2) is 51.5 Å². The van der Waals surface area contributed by atoms with Crippen LogP contribution in [0.2, 0.25) is 6.82 Å². The summed E-state index contributed by atoms with van der Waals surface area (Å²) in [5.41, 5.74) is 1.03. The molecule has 2 rings (SSSR count). The van der Waals surface area contributed by atoms with Crippen molar-refractivity contribution in [1.29, 1.82) is 0 Å². The van der Waals surface area contributed by atoms with Gasteiger partial charge in [0.1, 0.15) is 0 Å². The molecule has 1 aliphatic rings. The molecule has 1 aliphatic heterocycles. The minimum absolute atomic E-state index is 0.103. The van der Waals surface area contributed by atoms with Crippen LogP contribution in [-0.2, 0) is 4.79 Å². The second-order valence-electron chi connectivity index (χ2n) is 5.53. The van der Waals surface area contributed by atoms with E-state index in [0.717, 1.165) is 5.56 Å². The summed E-state index contributed by atoms with van der Waals surface area (Å²) in [6.45, 7) is 4.34. The highest BCUT2D eigenvalue weighted by atomic mass is 35.5. The fourth-order valence-electron chi connectivity index (χ4n) is 2.78. The second-order valence-corrected chi connectivity index (χ2v) is 5.92. The van der Waals surface area contributed by atoms with Crippen LogP contribution in [0.15, 0.2) is 30.3 Å². The molecule has 114 valence electrons. The summed E-state index contributed by atoms with van der Waals surface area (Å²) in [7, 11) is -0.672. The van der Waals surface area contributed by atoms with Gasteiger partial charge in [-0.25, -0.2) is 4.42 Å². The van der Waals surface area contributed by atoms with Gasteiger partial charge in [-0.2, -0.15) is 0 Å². The summed E-state index contributed by atoms with van der Waals surface area (Å²) in [6, 6.07) is 9.29. The number of halogens is 1. The molecular weight excluding hydrogens is 290 g/mol. The summed E-state index contributed by atoms with van der Waals surface area (Å²) in [5.74, 6) is -1.49. The van der Waals surface area contributed by atoms with Gasteiger partial charge >= 0.3 is 13.0 Å². The molecule has 1 aromatic carbocycles. The molecule has 0 aromatic heterocycles. The van der Waals surface area contributed by atoms with Gasteiger partial charge in [0.05, 0.1) is 12.0 Å². The molecule has 0 spiro atoms. The lowest BCUT2D eigenvalue weighted by atomic mass is 9.86. The normalized spacial score (nSPS) is 24.2. The van der Waals surface area contributed by atoms with Crippen LogP contribution in [0.1, 0.15) is 18.5 Å². The Bertz CT molecular complexity index is 488. The third-order valence-electron chi connectivity index (χ3n) is 4.13. The molecule has 7 heteroatoms. The van der Waals surface area contributed by atoms with Gasteiger partial charge in [-0.05, 0) is 31.1 Å². The number of nitrogens with zero attached hydrogens (tertiary/aromatic N) is 2. The number of hydrogen-bond donors (Lipinski definition) is 2. The van der Waals surface area contributed by atoms with E-state index in [2.05, 4.69) is 0 Å². The summed E-state index contributed by atoms with van der Waals surface area (Å²) in [5, 5.41) is 19.1. The van der Waals surface area contributed by atoms with Crippen LogP contribution in [0.25, 0.3) is 0 Å². The molecule has 0 aliphatic carbocycles. The quantitative estimate of drug-likeness (QED) is 0.640. The molecule has 0 saturated carbocycles. The predicted octanol–water partition coefficient (Wildman–Crippen LogP) is 1.70. The monoisotopic (exact) mass is 310 g/mol. The van der Waals surface area contributed by atoms with Gasteiger partial charge in [-0.3, -0.25) is 4.79 Å². The molecule has 1 unspecified atom stereocenters. The van der Waals surface area contributed by atoms with Gasteiger partial charge in [-0.15, -0.1) is 0 Å². The van der Waals surface area contributed by atoms with Crippen molar-refractivity contribution in [3.8, 4) is 0 Å². The minimum Gasteiger partial charge on any atom is -0.481 e. The maximum Gasteiger partial charge on any atom is 0.376 e. The topological polar surface area (TPSA) is 64.0 Å². The Hall–Kier alpha value is -1.08. The molecule has 0 amide bonds. The number of carbonyl (C=O) groups is 1. The Morgan fingerprint density at radius 3 is 2.57 bits per heavy atom. The van der Waals surface area contributed by atoms with Crippen molar-refractivity contribution in [2.45, 2.75) is 25.8 Å². The molecule has 3 atom stereocenters. The van der Waals surface area contributed by atoms with Crippen molar-refractivity contribution in [3.05, 3.63) is 35.9 Å². The highest BCUT2D eigenvalue weighted by molar-refractivity contribution is 6.45. The molecule has 1 saturated heterocycles. The smallest absolute Gasteiger partial charge is 0.376 e. The fraction of sp³-hybridized carbons (Fsp3) is 0.500. The Kier molecular flexibility index (Phi) is 5.27. The third-order valence-corrected chi connectivity index (χ3v) is 4.68. The molecule has 21 heavy (non-hydrogen) atoms. The number of carboxylic acid groups (broad SMARTS) is 1. The highest BCUT2D eigenvalue weighted by Gasteiger charge is 2.44. The number of benzene rings is 1. The van der Waals surface area contributed by atoms with Crippen LogP contribution in [0.3, 0.4) is 0 Å². The Balaban J connectivity index is 2.16. The van der Waals surface area contributed by atoms with E-state index in [4.69, 9.17) is 11.8 Å². The first-order valence-corrected chi connectivity index (χ1v) is 7.39. The van der Waals surface area contributed by atoms with Crippen LogP contribution in [0, 0.1) is 5.92 Å². The van der Waals surface area contributed by atoms with Gasteiger partial charge in [0.25, 0.3) is 0 Å². The number of carboxylic acids is 1. The Morgan fingerprint density at radius 1 is 1.43 bits per heavy atom. The Labute approximate surface area is 130 Å². The maximum atomic E-state index is 11.5. The van der Waals surface area contributed by atoms with Crippen molar-refractivity contribution in [2.75, 3.05) is 13.1 Å². The van der Waals surface area contributed by atoms with Crippen LogP contribution in [0.4, 0.5) is 0 Å². The number of aliphatic carboxylic acids is 1. The standard InChI is InChI=1S/C14H20BClN2O3/c1-10(11-6-4-3-5-7-11)18(16)13-9-17(15(2)21)8-12(13)14(19)20/h3-7,10,12-13,21H,8-9H2,1-2H3,(H,19,20)/t10-,12-,13?/m1/s1. The molecule has 1 heterocycles. The average Bonchev–Trinajstić information content (AvgIpc) is 2.92. The van der Waals surface area contributed by atoms with Crippen LogP contribution in [0.5, 0.6) is 0 Å². The van der Waals surface area contributed by atoms with Crippen LogP contribution >= 0.6 is 11.8 Å². The number of hydrogen-bond acceptors (Lipinski definition) is 4. The van der Waals surface area contributed by atoms with E-state index in [-0.39, 0.29) is 12.1 Å². The van der Waals surface area contributed by atoms with Crippen LogP contribution < -0.4 is 0 Å². The van der Waals surface area contributed by atoms with E-state index < -0.39 is 18.9 Å². The van der Waals surface area contributed by atoms with E-state index in [9.17, 15) is 14.9 Å². The van der Waals surface area contributed by atoms with E-state index >= 15 is 0 Å².